The van der Waals surface area contributed by atoms with E-state index in [1.165, 1.54) is 28.8 Å². The topological polar surface area (TPSA) is 79.6 Å². The third kappa shape index (κ3) is 5.60. The number of anilines is 1. The highest BCUT2D eigenvalue weighted by atomic mass is 16.2. The SMILES string of the molecule is Cc1cccc(CN2CCC(CNC(=O)[C@H]3CCCN(c4cc(=O)n(C)c(=O)n4C)C3)CC2)c1. The molecule has 8 heteroatoms. The Morgan fingerprint density at radius 2 is 1.79 bits per heavy atom. The molecule has 1 aromatic carbocycles. The van der Waals surface area contributed by atoms with Crippen molar-refractivity contribution in [2.45, 2.75) is 39.2 Å². The van der Waals surface area contributed by atoms with Gasteiger partial charge >= 0.3 is 5.69 Å². The number of nitrogens with zero attached hydrogens (tertiary/aromatic N) is 4. The van der Waals surface area contributed by atoms with E-state index in [0.29, 0.717) is 18.3 Å². The van der Waals surface area contributed by atoms with E-state index in [9.17, 15) is 14.4 Å². The van der Waals surface area contributed by atoms with Gasteiger partial charge in [0, 0.05) is 46.3 Å². The van der Waals surface area contributed by atoms with Crippen molar-refractivity contribution in [1.82, 2.24) is 19.4 Å². The molecule has 0 unspecified atom stereocenters. The Morgan fingerprint density at radius 3 is 2.53 bits per heavy atom. The second-order valence-corrected chi connectivity index (χ2v) is 9.98. The molecule has 1 aromatic heterocycles. The van der Waals surface area contributed by atoms with E-state index >= 15 is 0 Å². The number of aryl methyl sites for hydroxylation is 1. The van der Waals surface area contributed by atoms with E-state index in [1.807, 2.05) is 4.90 Å². The largest absolute Gasteiger partial charge is 0.357 e. The molecule has 34 heavy (non-hydrogen) atoms. The number of hydrogen-bond donors (Lipinski definition) is 1. The number of benzene rings is 1. The van der Waals surface area contributed by atoms with Crippen LogP contribution in [0.2, 0.25) is 0 Å². The zero-order valence-electron chi connectivity index (χ0n) is 20.6. The summed E-state index contributed by atoms with van der Waals surface area (Å²) < 4.78 is 2.59. The molecule has 2 aromatic rings. The van der Waals surface area contributed by atoms with Crippen LogP contribution in [-0.4, -0.2) is 52.7 Å². The molecule has 2 aliphatic heterocycles. The van der Waals surface area contributed by atoms with E-state index in [1.54, 1.807) is 7.05 Å². The van der Waals surface area contributed by atoms with Crippen molar-refractivity contribution in [3.05, 3.63) is 62.3 Å². The van der Waals surface area contributed by atoms with E-state index < -0.39 is 0 Å². The molecule has 2 fully saturated rings. The van der Waals surface area contributed by atoms with Gasteiger partial charge < -0.3 is 10.2 Å². The Kier molecular flexibility index (Phi) is 7.56. The lowest BCUT2D eigenvalue weighted by molar-refractivity contribution is -0.125. The van der Waals surface area contributed by atoms with Crippen LogP contribution in [0, 0.1) is 18.8 Å². The minimum atomic E-state index is -0.345. The molecule has 0 radical (unpaired) electrons. The van der Waals surface area contributed by atoms with Crippen LogP contribution in [0.15, 0.2) is 39.9 Å². The summed E-state index contributed by atoms with van der Waals surface area (Å²) in [5, 5.41) is 3.19. The smallest absolute Gasteiger partial charge is 0.332 e. The van der Waals surface area contributed by atoms with Gasteiger partial charge in [0.2, 0.25) is 5.91 Å². The Labute approximate surface area is 201 Å². The number of carbonyl (C=O) groups excluding carboxylic acids is 1. The van der Waals surface area contributed by atoms with Crippen LogP contribution in [0.25, 0.3) is 0 Å². The molecule has 1 amide bonds. The first-order valence-corrected chi connectivity index (χ1v) is 12.4. The number of likely N-dealkylation sites (tertiary alicyclic amines) is 1. The maximum absolute atomic E-state index is 12.9. The molecule has 1 N–H and O–H groups in total. The van der Waals surface area contributed by atoms with E-state index in [0.717, 1.165) is 63.0 Å². The van der Waals surface area contributed by atoms with Crippen LogP contribution in [0.3, 0.4) is 0 Å². The number of nitrogens with one attached hydrogen (secondary N) is 1. The van der Waals surface area contributed by atoms with Gasteiger partial charge in [0.25, 0.3) is 5.56 Å². The highest BCUT2D eigenvalue weighted by Crippen LogP contribution is 2.23. The lowest BCUT2D eigenvalue weighted by Crippen LogP contribution is -2.47. The van der Waals surface area contributed by atoms with Gasteiger partial charge in [0.05, 0.1) is 5.92 Å². The van der Waals surface area contributed by atoms with Crippen molar-refractivity contribution in [3.8, 4) is 0 Å². The van der Waals surface area contributed by atoms with Gasteiger partial charge in [-0.05, 0) is 57.2 Å². The Balaban J connectivity index is 1.26. The molecule has 3 heterocycles. The Morgan fingerprint density at radius 1 is 1.03 bits per heavy atom. The minimum absolute atomic E-state index is 0.0840. The molecule has 8 nitrogen and oxygen atoms in total. The molecule has 2 saturated heterocycles. The summed E-state index contributed by atoms with van der Waals surface area (Å²) in [5.74, 6) is 1.05. The zero-order chi connectivity index (χ0) is 24.2. The average molecular weight is 468 g/mol. The van der Waals surface area contributed by atoms with Crippen molar-refractivity contribution in [3.63, 3.8) is 0 Å². The number of rotatable bonds is 6. The molecule has 184 valence electrons. The van der Waals surface area contributed by atoms with Gasteiger partial charge in [0.15, 0.2) is 0 Å². The highest BCUT2D eigenvalue weighted by molar-refractivity contribution is 5.79. The molecule has 4 rings (SSSR count). The molecular formula is C26H37N5O3. The van der Waals surface area contributed by atoms with Gasteiger partial charge in [-0.15, -0.1) is 0 Å². The summed E-state index contributed by atoms with van der Waals surface area (Å²) in [6.07, 6.45) is 3.88. The first-order chi connectivity index (χ1) is 16.3. The molecule has 1 atom stereocenters. The summed E-state index contributed by atoms with van der Waals surface area (Å²) in [5.41, 5.74) is 2.00. The van der Waals surface area contributed by atoms with Crippen LogP contribution >= 0.6 is 0 Å². The van der Waals surface area contributed by atoms with Crippen LogP contribution in [0.4, 0.5) is 5.82 Å². The van der Waals surface area contributed by atoms with Crippen LogP contribution in [-0.2, 0) is 25.4 Å². The third-order valence-electron chi connectivity index (χ3n) is 7.38. The fourth-order valence-electron chi connectivity index (χ4n) is 5.23. The first-order valence-electron chi connectivity index (χ1n) is 12.4. The second-order valence-electron chi connectivity index (χ2n) is 9.98. The van der Waals surface area contributed by atoms with Gasteiger partial charge in [0.1, 0.15) is 5.82 Å². The maximum Gasteiger partial charge on any atom is 0.332 e. The summed E-state index contributed by atoms with van der Waals surface area (Å²) in [7, 11) is 3.15. The van der Waals surface area contributed by atoms with E-state index in [4.69, 9.17) is 0 Å². The van der Waals surface area contributed by atoms with Crippen LogP contribution < -0.4 is 21.5 Å². The summed E-state index contributed by atoms with van der Waals surface area (Å²) in [4.78, 5) is 41.9. The third-order valence-corrected chi connectivity index (χ3v) is 7.38. The first kappa shape index (κ1) is 24.3. The molecule has 0 spiro atoms. The monoisotopic (exact) mass is 467 g/mol. The number of hydrogen-bond acceptors (Lipinski definition) is 5. The average Bonchev–Trinajstić information content (AvgIpc) is 2.84. The minimum Gasteiger partial charge on any atom is -0.357 e. The number of piperidine rings is 2. The predicted octanol–water partition coefficient (Wildman–Crippen LogP) is 1.64. The van der Waals surface area contributed by atoms with Crippen LogP contribution in [0.1, 0.15) is 36.8 Å². The molecule has 0 aliphatic carbocycles. The Hall–Kier alpha value is -2.87. The normalized spacial score (nSPS) is 19.9. The number of amides is 1. The van der Waals surface area contributed by atoms with Crippen molar-refractivity contribution in [2.24, 2.45) is 25.9 Å². The maximum atomic E-state index is 12.9. The van der Waals surface area contributed by atoms with E-state index in [-0.39, 0.29) is 23.1 Å². The lowest BCUT2D eigenvalue weighted by Gasteiger charge is -2.35. The van der Waals surface area contributed by atoms with Crippen LogP contribution in [0.5, 0.6) is 0 Å². The predicted molar refractivity (Wildman–Crippen MR) is 134 cm³/mol. The Bertz CT molecular complexity index is 1130. The molecule has 0 saturated carbocycles. The molecule has 0 bridgehead atoms. The van der Waals surface area contributed by atoms with Crippen molar-refractivity contribution in [2.75, 3.05) is 37.6 Å². The summed E-state index contributed by atoms with van der Waals surface area (Å²) >= 11 is 0. The summed E-state index contributed by atoms with van der Waals surface area (Å²) in [6, 6.07) is 10.2. The van der Waals surface area contributed by atoms with Gasteiger partial charge in [-0.3, -0.25) is 23.6 Å². The van der Waals surface area contributed by atoms with E-state index in [2.05, 4.69) is 41.4 Å². The fourth-order valence-corrected chi connectivity index (χ4v) is 5.23. The molecular weight excluding hydrogens is 430 g/mol. The fraction of sp³-hybridized carbons (Fsp3) is 0.577. The standard InChI is InChI=1S/C26H37N5O3/c1-19-6-4-7-21(14-19)17-30-12-9-20(10-13-30)16-27-25(33)22-8-5-11-31(18-22)23-15-24(32)29(3)26(34)28(23)2/h4,6-7,14-15,20,22H,5,8-13,16-18H2,1-3H3,(H,27,33)/t22-/m0/s1. The zero-order valence-corrected chi connectivity index (χ0v) is 20.6. The molecule has 2 aliphatic rings. The van der Waals surface area contributed by atoms with Gasteiger partial charge in [-0.2, -0.15) is 0 Å². The van der Waals surface area contributed by atoms with Gasteiger partial charge in [-0.25, -0.2) is 4.79 Å². The number of aromatic nitrogens is 2. The quantitative estimate of drug-likeness (QED) is 0.699. The lowest BCUT2D eigenvalue weighted by atomic mass is 9.94. The number of carbonyl (C=O) groups is 1. The van der Waals surface area contributed by atoms with Crippen molar-refractivity contribution in [1.29, 1.82) is 0 Å². The van der Waals surface area contributed by atoms with Crippen molar-refractivity contribution < 1.29 is 4.79 Å². The second kappa shape index (κ2) is 10.6. The van der Waals surface area contributed by atoms with Gasteiger partial charge in [-0.1, -0.05) is 29.8 Å². The summed E-state index contributed by atoms with van der Waals surface area (Å²) in [6.45, 7) is 7.23. The van der Waals surface area contributed by atoms with Crippen molar-refractivity contribution >= 4 is 11.7 Å². The highest BCUT2D eigenvalue weighted by Gasteiger charge is 2.28.